The number of carbonyl (C=O) groups is 1. The van der Waals surface area contributed by atoms with Crippen LogP contribution in [0.15, 0.2) is 12.1 Å². The zero-order chi connectivity index (χ0) is 12.5. The molecule has 18 heavy (non-hydrogen) atoms. The molecule has 3 rings (SSSR count). The van der Waals surface area contributed by atoms with Crippen molar-refractivity contribution in [2.75, 3.05) is 12.3 Å². The molecule has 96 valence electrons. The standard InChI is InChI=1S/C13H18N4O/c14-12-7-6-10(15-16-12)13(18)17-8-2-4-9-3-1-5-11(9)17/h6-7,9,11H,1-5,8H2,(H2,14,16). The number of hydrogen-bond acceptors (Lipinski definition) is 4. The number of fused-ring (bicyclic) bond motifs is 1. The first-order valence-electron chi connectivity index (χ1n) is 6.66. The highest BCUT2D eigenvalue weighted by atomic mass is 16.2. The average molecular weight is 246 g/mol. The van der Waals surface area contributed by atoms with Crippen LogP contribution in [-0.4, -0.2) is 33.6 Å². The van der Waals surface area contributed by atoms with Crippen molar-refractivity contribution in [2.45, 2.75) is 38.1 Å². The summed E-state index contributed by atoms with van der Waals surface area (Å²) in [5.74, 6) is 1.06. The Labute approximate surface area is 106 Å². The summed E-state index contributed by atoms with van der Waals surface area (Å²) in [7, 11) is 0. The second-order valence-corrected chi connectivity index (χ2v) is 5.24. The van der Waals surface area contributed by atoms with Gasteiger partial charge >= 0.3 is 0 Å². The van der Waals surface area contributed by atoms with Gasteiger partial charge < -0.3 is 10.6 Å². The molecule has 5 heteroatoms. The molecule has 0 bridgehead atoms. The second-order valence-electron chi connectivity index (χ2n) is 5.24. The van der Waals surface area contributed by atoms with Crippen molar-refractivity contribution in [2.24, 2.45) is 5.92 Å². The Hall–Kier alpha value is -1.65. The molecule has 0 spiro atoms. The molecule has 1 aliphatic heterocycles. The first kappa shape index (κ1) is 11.4. The van der Waals surface area contributed by atoms with Gasteiger partial charge in [0, 0.05) is 12.6 Å². The topological polar surface area (TPSA) is 72.1 Å². The van der Waals surface area contributed by atoms with Gasteiger partial charge in [-0.15, -0.1) is 10.2 Å². The molecule has 1 amide bonds. The number of piperidine rings is 1. The summed E-state index contributed by atoms with van der Waals surface area (Å²) in [5.41, 5.74) is 5.91. The highest BCUT2D eigenvalue weighted by Gasteiger charge is 2.37. The number of aromatic nitrogens is 2. The van der Waals surface area contributed by atoms with Crippen molar-refractivity contribution in [1.29, 1.82) is 0 Å². The fourth-order valence-electron chi connectivity index (χ4n) is 3.31. The van der Waals surface area contributed by atoms with Crippen LogP contribution < -0.4 is 5.73 Å². The van der Waals surface area contributed by atoms with Crippen molar-refractivity contribution < 1.29 is 4.79 Å². The number of amides is 1. The van der Waals surface area contributed by atoms with E-state index in [2.05, 4.69) is 10.2 Å². The van der Waals surface area contributed by atoms with Crippen LogP contribution in [0.5, 0.6) is 0 Å². The van der Waals surface area contributed by atoms with Gasteiger partial charge in [0.05, 0.1) is 0 Å². The van der Waals surface area contributed by atoms with E-state index >= 15 is 0 Å². The van der Waals surface area contributed by atoms with Gasteiger partial charge in [-0.1, -0.05) is 6.42 Å². The zero-order valence-electron chi connectivity index (χ0n) is 10.4. The van der Waals surface area contributed by atoms with Gasteiger partial charge in [-0.25, -0.2) is 0 Å². The minimum Gasteiger partial charge on any atom is -0.382 e. The highest BCUT2D eigenvalue weighted by Crippen LogP contribution is 2.37. The lowest BCUT2D eigenvalue weighted by Gasteiger charge is -2.37. The first-order valence-corrected chi connectivity index (χ1v) is 6.66. The van der Waals surface area contributed by atoms with E-state index in [1.54, 1.807) is 12.1 Å². The molecule has 1 saturated carbocycles. The van der Waals surface area contributed by atoms with Crippen LogP contribution in [0.3, 0.4) is 0 Å². The van der Waals surface area contributed by atoms with Crippen LogP contribution in [0.4, 0.5) is 5.82 Å². The number of likely N-dealkylation sites (tertiary alicyclic amines) is 1. The third kappa shape index (κ3) is 1.94. The summed E-state index contributed by atoms with van der Waals surface area (Å²) in [6.45, 7) is 0.853. The molecule has 2 aliphatic rings. The molecule has 1 aromatic rings. The summed E-state index contributed by atoms with van der Waals surface area (Å²) in [4.78, 5) is 14.4. The maximum absolute atomic E-state index is 12.4. The van der Waals surface area contributed by atoms with E-state index in [-0.39, 0.29) is 5.91 Å². The minimum absolute atomic E-state index is 0.0131. The lowest BCUT2D eigenvalue weighted by atomic mass is 9.92. The molecule has 0 radical (unpaired) electrons. The van der Waals surface area contributed by atoms with E-state index in [9.17, 15) is 4.79 Å². The maximum Gasteiger partial charge on any atom is 0.274 e. The van der Waals surface area contributed by atoms with Crippen LogP contribution in [-0.2, 0) is 0 Å². The van der Waals surface area contributed by atoms with Gasteiger partial charge in [0.15, 0.2) is 5.69 Å². The number of anilines is 1. The van der Waals surface area contributed by atoms with Crippen LogP contribution in [0.2, 0.25) is 0 Å². The molecule has 2 fully saturated rings. The van der Waals surface area contributed by atoms with Crippen LogP contribution in [0, 0.1) is 5.92 Å². The van der Waals surface area contributed by atoms with Crippen molar-refractivity contribution in [3.63, 3.8) is 0 Å². The molecule has 1 aliphatic carbocycles. The fourth-order valence-corrected chi connectivity index (χ4v) is 3.31. The maximum atomic E-state index is 12.4. The SMILES string of the molecule is Nc1ccc(C(=O)N2CCCC3CCCC32)nn1. The van der Waals surface area contributed by atoms with Crippen molar-refractivity contribution in [3.8, 4) is 0 Å². The second kappa shape index (κ2) is 4.55. The molecule has 2 heterocycles. The highest BCUT2D eigenvalue weighted by molar-refractivity contribution is 5.92. The predicted molar refractivity (Wildman–Crippen MR) is 67.8 cm³/mol. The van der Waals surface area contributed by atoms with Crippen molar-refractivity contribution >= 4 is 11.7 Å². The summed E-state index contributed by atoms with van der Waals surface area (Å²) in [5, 5.41) is 7.66. The van der Waals surface area contributed by atoms with Crippen molar-refractivity contribution in [3.05, 3.63) is 17.8 Å². The third-order valence-electron chi connectivity index (χ3n) is 4.16. The minimum atomic E-state index is 0.0131. The Morgan fingerprint density at radius 1 is 1.22 bits per heavy atom. The third-order valence-corrected chi connectivity index (χ3v) is 4.16. The molecule has 2 N–H and O–H groups in total. The quantitative estimate of drug-likeness (QED) is 0.814. The molecule has 0 aromatic carbocycles. The normalized spacial score (nSPS) is 27.0. The predicted octanol–water partition coefficient (Wildman–Crippen LogP) is 1.46. The van der Waals surface area contributed by atoms with E-state index in [1.807, 2.05) is 4.90 Å². The van der Waals surface area contributed by atoms with E-state index in [4.69, 9.17) is 5.73 Å². The number of nitrogen functional groups attached to an aromatic ring is 1. The molecular weight excluding hydrogens is 228 g/mol. The van der Waals surface area contributed by atoms with E-state index in [0.717, 1.165) is 19.4 Å². The van der Waals surface area contributed by atoms with Gasteiger partial charge in [-0.05, 0) is 43.7 Å². The smallest absolute Gasteiger partial charge is 0.274 e. The summed E-state index contributed by atoms with van der Waals surface area (Å²) >= 11 is 0. The van der Waals surface area contributed by atoms with Crippen LogP contribution in [0.25, 0.3) is 0 Å². The van der Waals surface area contributed by atoms with E-state index in [1.165, 1.54) is 19.3 Å². The Morgan fingerprint density at radius 3 is 2.83 bits per heavy atom. The van der Waals surface area contributed by atoms with Gasteiger partial charge in [-0.2, -0.15) is 0 Å². The average Bonchev–Trinajstić information content (AvgIpc) is 2.87. The lowest BCUT2D eigenvalue weighted by molar-refractivity contribution is 0.0541. The largest absolute Gasteiger partial charge is 0.382 e. The van der Waals surface area contributed by atoms with Gasteiger partial charge in [0.25, 0.3) is 5.91 Å². The van der Waals surface area contributed by atoms with Crippen LogP contribution in [0.1, 0.15) is 42.6 Å². The number of rotatable bonds is 1. The van der Waals surface area contributed by atoms with E-state index < -0.39 is 0 Å². The first-order chi connectivity index (χ1) is 8.75. The number of nitrogens with zero attached hydrogens (tertiary/aromatic N) is 3. The van der Waals surface area contributed by atoms with Crippen LogP contribution >= 0.6 is 0 Å². The Bertz CT molecular complexity index is 445. The Kier molecular flexibility index (Phi) is 2.89. The molecule has 1 saturated heterocycles. The summed E-state index contributed by atoms with van der Waals surface area (Å²) in [6.07, 6.45) is 6.02. The molecule has 2 atom stereocenters. The summed E-state index contributed by atoms with van der Waals surface area (Å²) in [6, 6.07) is 3.73. The monoisotopic (exact) mass is 246 g/mol. The number of nitrogens with two attached hydrogens (primary N) is 1. The molecule has 2 unspecified atom stereocenters. The molecule has 1 aromatic heterocycles. The van der Waals surface area contributed by atoms with Crippen molar-refractivity contribution in [1.82, 2.24) is 15.1 Å². The Balaban J connectivity index is 1.81. The summed E-state index contributed by atoms with van der Waals surface area (Å²) < 4.78 is 0. The van der Waals surface area contributed by atoms with E-state index in [0.29, 0.717) is 23.5 Å². The number of hydrogen-bond donors (Lipinski definition) is 1. The van der Waals surface area contributed by atoms with Gasteiger partial charge in [-0.3, -0.25) is 4.79 Å². The fraction of sp³-hybridized carbons (Fsp3) is 0.615. The molecule has 5 nitrogen and oxygen atoms in total. The number of carbonyl (C=O) groups excluding carboxylic acids is 1. The zero-order valence-corrected chi connectivity index (χ0v) is 10.4. The molecular formula is C13H18N4O. The van der Waals surface area contributed by atoms with Gasteiger partial charge in [0.1, 0.15) is 5.82 Å². The Morgan fingerprint density at radius 2 is 2.06 bits per heavy atom. The van der Waals surface area contributed by atoms with Gasteiger partial charge in [0.2, 0.25) is 0 Å². The lowest BCUT2D eigenvalue weighted by Crippen LogP contribution is -2.46.